The summed E-state index contributed by atoms with van der Waals surface area (Å²) in [6.07, 6.45) is 0. The third kappa shape index (κ3) is 3.73. The van der Waals surface area contributed by atoms with Crippen molar-refractivity contribution in [2.75, 3.05) is 24.4 Å². The predicted octanol–water partition coefficient (Wildman–Crippen LogP) is 4.24. The van der Waals surface area contributed by atoms with Crippen LogP contribution in [0, 0.1) is 5.82 Å². The first-order valence-corrected chi connectivity index (χ1v) is 9.46. The quantitative estimate of drug-likeness (QED) is 0.607. The van der Waals surface area contributed by atoms with Crippen molar-refractivity contribution in [2.24, 2.45) is 0 Å². The second-order valence-corrected chi connectivity index (χ2v) is 6.73. The third-order valence-electron chi connectivity index (χ3n) is 4.88. The van der Waals surface area contributed by atoms with Crippen LogP contribution in [0.1, 0.15) is 5.56 Å². The first-order valence-electron chi connectivity index (χ1n) is 9.46. The number of hydrogen-bond acceptors (Lipinski definition) is 5. The summed E-state index contributed by atoms with van der Waals surface area (Å²) in [4.78, 5) is 27.9. The van der Waals surface area contributed by atoms with Crippen molar-refractivity contribution in [3.05, 3.63) is 89.9 Å². The van der Waals surface area contributed by atoms with Gasteiger partial charge < -0.3 is 14.8 Å². The normalized spacial score (nSPS) is 13.6. The first kappa shape index (κ1) is 20.2. The van der Waals surface area contributed by atoms with Gasteiger partial charge in [0.25, 0.3) is 11.8 Å². The van der Waals surface area contributed by atoms with Gasteiger partial charge in [0.2, 0.25) is 0 Å². The van der Waals surface area contributed by atoms with Crippen molar-refractivity contribution in [3.8, 4) is 11.5 Å². The number of carbonyl (C=O) groups is 2. The maximum absolute atomic E-state index is 13.5. The summed E-state index contributed by atoms with van der Waals surface area (Å²) >= 11 is 0. The minimum absolute atomic E-state index is 0.0794. The van der Waals surface area contributed by atoms with Crippen LogP contribution in [0.3, 0.4) is 0 Å². The second-order valence-electron chi connectivity index (χ2n) is 6.73. The Hall–Kier alpha value is -4.13. The van der Waals surface area contributed by atoms with Gasteiger partial charge in [-0.3, -0.25) is 9.59 Å². The number of benzene rings is 3. The van der Waals surface area contributed by atoms with E-state index < -0.39 is 17.6 Å². The Balaban J connectivity index is 1.84. The van der Waals surface area contributed by atoms with E-state index in [9.17, 15) is 14.0 Å². The van der Waals surface area contributed by atoms with Gasteiger partial charge in [0.15, 0.2) is 0 Å². The Morgan fingerprint density at radius 1 is 0.839 bits per heavy atom. The highest BCUT2D eigenvalue weighted by Gasteiger charge is 2.41. The van der Waals surface area contributed by atoms with Crippen molar-refractivity contribution in [1.82, 2.24) is 0 Å². The maximum atomic E-state index is 13.5. The van der Waals surface area contributed by atoms with E-state index in [4.69, 9.17) is 9.47 Å². The molecule has 156 valence electrons. The summed E-state index contributed by atoms with van der Waals surface area (Å²) in [6, 6.07) is 19.2. The number of rotatable bonds is 6. The van der Waals surface area contributed by atoms with Gasteiger partial charge in [-0.15, -0.1) is 0 Å². The maximum Gasteiger partial charge on any atom is 0.282 e. The lowest BCUT2D eigenvalue weighted by atomic mass is 10.0. The molecule has 2 amide bonds. The Morgan fingerprint density at radius 2 is 1.58 bits per heavy atom. The van der Waals surface area contributed by atoms with Crippen LogP contribution in [-0.2, 0) is 9.59 Å². The molecule has 1 heterocycles. The number of amides is 2. The van der Waals surface area contributed by atoms with E-state index in [-0.39, 0.29) is 11.3 Å². The van der Waals surface area contributed by atoms with Crippen LogP contribution in [0.4, 0.5) is 15.8 Å². The number of ether oxygens (including phenoxy) is 2. The fourth-order valence-electron chi connectivity index (χ4n) is 3.41. The molecule has 0 spiro atoms. The molecule has 0 atom stereocenters. The number of carbonyl (C=O) groups excluding carboxylic acids is 2. The zero-order chi connectivity index (χ0) is 22.0. The molecule has 1 N–H and O–H groups in total. The molecule has 0 aromatic heterocycles. The summed E-state index contributed by atoms with van der Waals surface area (Å²) in [5, 5.41) is 3.05. The molecule has 0 unspecified atom stereocenters. The van der Waals surface area contributed by atoms with E-state index in [1.165, 1.54) is 38.5 Å². The van der Waals surface area contributed by atoms with Gasteiger partial charge in [-0.1, -0.05) is 30.3 Å². The number of para-hydroxylation sites is 2. The molecule has 1 aliphatic heterocycles. The molecule has 1 aliphatic rings. The van der Waals surface area contributed by atoms with E-state index in [1.807, 2.05) is 0 Å². The van der Waals surface area contributed by atoms with Gasteiger partial charge >= 0.3 is 0 Å². The lowest BCUT2D eigenvalue weighted by Gasteiger charge is -2.18. The summed E-state index contributed by atoms with van der Waals surface area (Å²) in [5.74, 6) is -0.550. The molecular weight excluding hydrogens is 399 g/mol. The fourth-order valence-corrected chi connectivity index (χ4v) is 3.41. The van der Waals surface area contributed by atoms with Crippen LogP contribution in [-0.4, -0.2) is 26.0 Å². The van der Waals surface area contributed by atoms with Crippen molar-refractivity contribution in [1.29, 1.82) is 0 Å². The lowest BCUT2D eigenvalue weighted by molar-refractivity contribution is -0.120. The number of imide groups is 1. The summed E-state index contributed by atoms with van der Waals surface area (Å²) < 4.78 is 24.1. The van der Waals surface area contributed by atoms with E-state index in [1.54, 1.807) is 48.5 Å². The first-order chi connectivity index (χ1) is 15.0. The molecule has 0 bridgehead atoms. The molecule has 0 aliphatic carbocycles. The van der Waals surface area contributed by atoms with Crippen LogP contribution in [0.15, 0.2) is 78.5 Å². The molecule has 6 nitrogen and oxygen atoms in total. The topological polar surface area (TPSA) is 67.9 Å². The number of nitrogens with one attached hydrogen (secondary N) is 1. The number of anilines is 2. The van der Waals surface area contributed by atoms with Crippen LogP contribution >= 0.6 is 0 Å². The molecule has 4 rings (SSSR count). The lowest BCUT2D eigenvalue weighted by Crippen LogP contribution is -2.32. The average molecular weight is 418 g/mol. The predicted molar refractivity (Wildman–Crippen MR) is 115 cm³/mol. The van der Waals surface area contributed by atoms with E-state index in [0.717, 1.165) is 4.90 Å². The zero-order valence-corrected chi connectivity index (χ0v) is 16.9. The van der Waals surface area contributed by atoms with Crippen molar-refractivity contribution in [3.63, 3.8) is 0 Å². The van der Waals surface area contributed by atoms with Gasteiger partial charge in [-0.25, -0.2) is 9.29 Å². The van der Waals surface area contributed by atoms with Crippen LogP contribution in [0.5, 0.6) is 11.5 Å². The van der Waals surface area contributed by atoms with Crippen LogP contribution in [0.2, 0.25) is 0 Å². The smallest absolute Gasteiger partial charge is 0.282 e. The number of nitrogens with zero attached hydrogens (tertiary/aromatic N) is 1. The molecule has 0 saturated heterocycles. The second kappa shape index (κ2) is 8.31. The fraction of sp³-hybridized carbons (Fsp3) is 0.0833. The van der Waals surface area contributed by atoms with E-state index in [0.29, 0.717) is 28.4 Å². The highest BCUT2D eigenvalue weighted by atomic mass is 19.1. The van der Waals surface area contributed by atoms with Gasteiger partial charge in [-0.2, -0.15) is 0 Å². The molecule has 31 heavy (non-hydrogen) atoms. The van der Waals surface area contributed by atoms with Gasteiger partial charge in [-0.05, 0) is 42.0 Å². The highest BCUT2D eigenvalue weighted by molar-refractivity contribution is 6.46. The molecule has 3 aromatic carbocycles. The van der Waals surface area contributed by atoms with Crippen molar-refractivity contribution >= 4 is 28.8 Å². The van der Waals surface area contributed by atoms with Gasteiger partial charge in [0.1, 0.15) is 23.0 Å². The molecular formula is C24H19FN2O4. The van der Waals surface area contributed by atoms with E-state index in [2.05, 4.69) is 5.32 Å². The van der Waals surface area contributed by atoms with Gasteiger partial charge in [0.05, 0.1) is 25.5 Å². The standard InChI is InChI=1S/C24H19FN2O4/c1-30-18-7-5-6-17(14-18)26-22-21(15-10-12-16(25)13-11-15)23(28)27(24(22)29)19-8-3-4-9-20(19)31-2/h3-14,26H,1-2H3. The molecule has 3 aromatic rings. The Labute approximate surface area is 178 Å². The number of hydrogen-bond donors (Lipinski definition) is 1. The van der Waals surface area contributed by atoms with Gasteiger partial charge in [0, 0.05) is 11.8 Å². The third-order valence-corrected chi connectivity index (χ3v) is 4.88. The Morgan fingerprint density at radius 3 is 2.29 bits per heavy atom. The van der Waals surface area contributed by atoms with Crippen molar-refractivity contribution in [2.45, 2.75) is 0 Å². The van der Waals surface area contributed by atoms with Crippen LogP contribution < -0.4 is 19.7 Å². The number of methoxy groups -OCH3 is 2. The molecule has 0 fully saturated rings. The number of halogens is 1. The Kier molecular flexibility index (Phi) is 5.41. The van der Waals surface area contributed by atoms with Crippen LogP contribution in [0.25, 0.3) is 5.57 Å². The SMILES string of the molecule is COc1cccc(NC2=C(c3ccc(F)cc3)C(=O)N(c3ccccc3OC)C2=O)c1. The highest BCUT2D eigenvalue weighted by Crippen LogP contribution is 2.37. The molecule has 0 radical (unpaired) electrons. The molecule has 7 heteroatoms. The summed E-state index contributed by atoms with van der Waals surface area (Å²) in [6.45, 7) is 0. The Bertz CT molecular complexity index is 1190. The zero-order valence-electron chi connectivity index (χ0n) is 16.9. The average Bonchev–Trinajstić information content (AvgIpc) is 3.03. The minimum Gasteiger partial charge on any atom is -0.497 e. The summed E-state index contributed by atoms with van der Waals surface area (Å²) in [5.41, 5.74) is 1.52. The van der Waals surface area contributed by atoms with Crippen molar-refractivity contribution < 1.29 is 23.5 Å². The van der Waals surface area contributed by atoms with E-state index >= 15 is 0 Å². The largest absolute Gasteiger partial charge is 0.497 e. The molecule has 0 saturated carbocycles. The summed E-state index contributed by atoms with van der Waals surface area (Å²) in [7, 11) is 3.00. The monoisotopic (exact) mass is 418 g/mol. The minimum atomic E-state index is -0.545.